The highest BCUT2D eigenvalue weighted by Gasteiger charge is 2.18. The summed E-state index contributed by atoms with van der Waals surface area (Å²) in [6, 6.07) is 12.6. The molecule has 2 N–H and O–H groups in total. The highest BCUT2D eigenvalue weighted by Crippen LogP contribution is 2.17. The maximum Gasteiger partial charge on any atom is 0.191 e. The molecule has 0 bridgehead atoms. The number of hydrogen-bond acceptors (Lipinski definition) is 3. The fourth-order valence-corrected chi connectivity index (χ4v) is 2.88. The first-order chi connectivity index (χ1) is 12.6. The van der Waals surface area contributed by atoms with E-state index in [1.54, 1.807) is 12.1 Å². The van der Waals surface area contributed by atoms with E-state index in [0.717, 1.165) is 18.8 Å². The molecule has 5 nitrogen and oxygen atoms in total. The average Bonchev–Trinajstić information content (AvgIpc) is 2.68. The van der Waals surface area contributed by atoms with Gasteiger partial charge in [-0.1, -0.05) is 0 Å². The number of anilines is 1. The molecule has 1 saturated heterocycles. The van der Waals surface area contributed by atoms with Gasteiger partial charge in [-0.25, -0.2) is 13.8 Å². The molecule has 1 fully saturated rings. The van der Waals surface area contributed by atoms with Crippen LogP contribution in [0.4, 0.5) is 14.5 Å². The lowest BCUT2D eigenvalue weighted by molar-refractivity contribution is 0.380. The number of nitrogens with two attached hydrogens (primary N) is 1. The number of nitriles is 1. The second-order valence-corrected chi connectivity index (χ2v) is 6.04. The Balaban J connectivity index is 1.59. The van der Waals surface area contributed by atoms with Crippen LogP contribution >= 0.6 is 0 Å². The van der Waals surface area contributed by atoms with Crippen LogP contribution in [-0.2, 0) is 6.54 Å². The molecule has 2 aromatic rings. The number of nitrogens with zero attached hydrogens (tertiary/aromatic N) is 4. The minimum atomic E-state index is -0.401. The van der Waals surface area contributed by atoms with Crippen LogP contribution in [-0.4, -0.2) is 37.0 Å². The molecular formula is C19H19F2N5. The highest BCUT2D eigenvalue weighted by molar-refractivity contribution is 5.78. The number of piperazine rings is 1. The van der Waals surface area contributed by atoms with Crippen molar-refractivity contribution in [3.05, 3.63) is 65.2 Å². The van der Waals surface area contributed by atoms with E-state index in [2.05, 4.69) is 9.89 Å². The number of rotatable bonds is 3. The van der Waals surface area contributed by atoms with E-state index >= 15 is 0 Å². The number of hydrogen-bond donors (Lipinski definition) is 1. The van der Waals surface area contributed by atoms with Crippen molar-refractivity contribution in [2.45, 2.75) is 6.54 Å². The maximum absolute atomic E-state index is 13.8. The van der Waals surface area contributed by atoms with Gasteiger partial charge in [0.2, 0.25) is 0 Å². The molecule has 0 spiro atoms. The molecule has 0 aromatic heterocycles. The van der Waals surface area contributed by atoms with Gasteiger partial charge >= 0.3 is 0 Å². The summed E-state index contributed by atoms with van der Waals surface area (Å²) in [5.74, 6) is -0.302. The van der Waals surface area contributed by atoms with Crippen molar-refractivity contribution in [1.29, 1.82) is 5.26 Å². The molecule has 0 unspecified atom stereocenters. The van der Waals surface area contributed by atoms with Crippen molar-refractivity contribution < 1.29 is 8.78 Å². The topological polar surface area (TPSA) is 68.6 Å². The fraction of sp³-hybridized carbons (Fsp3) is 0.263. The quantitative estimate of drug-likeness (QED) is 0.678. The zero-order valence-electron chi connectivity index (χ0n) is 14.2. The third kappa shape index (κ3) is 4.09. The third-order valence-corrected chi connectivity index (χ3v) is 4.38. The summed E-state index contributed by atoms with van der Waals surface area (Å²) in [7, 11) is 0. The zero-order chi connectivity index (χ0) is 18.5. The van der Waals surface area contributed by atoms with E-state index in [1.165, 1.54) is 30.3 Å². The van der Waals surface area contributed by atoms with Crippen molar-refractivity contribution in [2.75, 3.05) is 31.1 Å². The standard InChI is InChI=1S/C19H19F2N5/c20-16-2-4-17(5-3-16)25-7-9-26(10-8-25)19(23)24-13-15-11-14(12-22)1-6-18(15)21/h1-6,11H,7-10,13H2,(H2,23,24). The minimum Gasteiger partial charge on any atom is -0.370 e. The molecule has 0 saturated carbocycles. The molecule has 7 heteroatoms. The lowest BCUT2D eigenvalue weighted by Crippen LogP contribution is -2.51. The molecule has 134 valence electrons. The first kappa shape index (κ1) is 17.7. The second kappa shape index (κ2) is 7.83. The van der Waals surface area contributed by atoms with Crippen LogP contribution in [0.2, 0.25) is 0 Å². The number of halogens is 2. The average molecular weight is 355 g/mol. The molecule has 1 aliphatic heterocycles. The van der Waals surface area contributed by atoms with Crippen molar-refractivity contribution in [3.63, 3.8) is 0 Å². The summed E-state index contributed by atoms with van der Waals surface area (Å²) in [4.78, 5) is 8.36. The van der Waals surface area contributed by atoms with Gasteiger partial charge < -0.3 is 15.5 Å². The summed E-state index contributed by atoms with van der Waals surface area (Å²) in [6.07, 6.45) is 0. The Hall–Kier alpha value is -3.14. The summed E-state index contributed by atoms with van der Waals surface area (Å²) in [5.41, 5.74) is 7.75. The molecule has 0 atom stereocenters. The van der Waals surface area contributed by atoms with Crippen molar-refractivity contribution in [2.24, 2.45) is 10.7 Å². The Morgan fingerprint density at radius 2 is 1.77 bits per heavy atom. The molecule has 1 aliphatic rings. The van der Waals surface area contributed by atoms with E-state index in [9.17, 15) is 8.78 Å². The van der Waals surface area contributed by atoms with Crippen LogP contribution in [0.3, 0.4) is 0 Å². The summed E-state index contributed by atoms with van der Waals surface area (Å²) in [6.45, 7) is 2.91. The third-order valence-electron chi connectivity index (χ3n) is 4.38. The van der Waals surface area contributed by atoms with Crippen LogP contribution in [0.5, 0.6) is 0 Å². The van der Waals surface area contributed by atoms with Gasteiger partial charge in [0.25, 0.3) is 0 Å². The van der Waals surface area contributed by atoms with Crippen LogP contribution in [0, 0.1) is 23.0 Å². The maximum atomic E-state index is 13.8. The van der Waals surface area contributed by atoms with Gasteiger partial charge in [-0.15, -0.1) is 0 Å². The van der Waals surface area contributed by atoms with E-state index in [4.69, 9.17) is 11.0 Å². The monoisotopic (exact) mass is 355 g/mol. The Morgan fingerprint density at radius 1 is 1.08 bits per heavy atom. The second-order valence-electron chi connectivity index (χ2n) is 6.04. The lowest BCUT2D eigenvalue weighted by Gasteiger charge is -2.36. The SMILES string of the molecule is N#Cc1ccc(F)c(CN=C(N)N2CCN(c3ccc(F)cc3)CC2)c1. The van der Waals surface area contributed by atoms with E-state index in [-0.39, 0.29) is 12.4 Å². The highest BCUT2D eigenvalue weighted by atomic mass is 19.1. The van der Waals surface area contributed by atoms with Crippen molar-refractivity contribution >= 4 is 11.6 Å². The minimum absolute atomic E-state index is 0.0887. The molecule has 2 aromatic carbocycles. The zero-order valence-corrected chi connectivity index (χ0v) is 14.2. The predicted octanol–water partition coefficient (Wildman–Crippen LogP) is 2.47. The van der Waals surface area contributed by atoms with Crippen LogP contribution in [0.1, 0.15) is 11.1 Å². The predicted molar refractivity (Wildman–Crippen MR) is 96.6 cm³/mol. The summed E-state index contributed by atoms with van der Waals surface area (Å²) >= 11 is 0. The van der Waals surface area contributed by atoms with Crippen LogP contribution in [0.25, 0.3) is 0 Å². The van der Waals surface area contributed by atoms with Crippen LogP contribution < -0.4 is 10.6 Å². The smallest absolute Gasteiger partial charge is 0.191 e. The molecule has 1 heterocycles. The van der Waals surface area contributed by atoms with E-state index in [1.807, 2.05) is 11.0 Å². The van der Waals surface area contributed by atoms with Gasteiger partial charge in [0.05, 0.1) is 18.2 Å². The van der Waals surface area contributed by atoms with Gasteiger partial charge in [0, 0.05) is 37.4 Å². The first-order valence-electron chi connectivity index (χ1n) is 8.31. The number of guanidine groups is 1. The molecule has 26 heavy (non-hydrogen) atoms. The molecule has 3 rings (SSSR count). The first-order valence-corrected chi connectivity index (χ1v) is 8.31. The number of benzene rings is 2. The molecule has 0 aliphatic carbocycles. The number of aliphatic imine (C=N–C) groups is 1. The normalized spacial score (nSPS) is 15.0. The molecule has 0 amide bonds. The van der Waals surface area contributed by atoms with Crippen molar-refractivity contribution in [1.82, 2.24) is 4.90 Å². The molecule has 0 radical (unpaired) electrons. The van der Waals surface area contributed by atoms with Gasteiger partial charge in [0.15, 0.2) is 5.96 Å². The Bertz CT molecular complexity index is 834. The van der Waals surface area contributed by atoms with Crippen LogP contribution in [0.15, 0.2) is 47.5 Å². The van der Waals surface area contributed by atoms with E-state index < -0.39 is 5.82 Å². The molecular weight excluding hydrogens is 336 g/mol. The largest absolute Gasteiger partial charge is 0.370 e. The Kier molecular flexibility index (Phi) is 5.32. The lowest BCUT2D eigenvalue weighted by atomic mass is 10.1. The fourth-order valence-electron chi connectivity index (χ4n) is 2.88. The van der Waals surface area contributed by atoms with Gasteiger partial charge in [-0.2, -0.15) is 5.26 Å². The van der Waals surface area contributed by atoms with Crippen molar-refractivity contribution in [3.8, 4) is 6.07 Å². The Morgan fingerprint density at radius 3 is 2.42 bits per heavy atom. The summed E-state index contributed by atoms with van der Waals surface area (Å²) < 4.78 is 26.8. The Labute approximate surface area is 151 Å². The van der Waals surface area contributed by atoms with Gasteiger partial charge in [0.1, 0.15) is 11.6 Å². The van der Waals surface area contributed by atoms with Gasteiger partial charge in [-0.3, -0.25) is 0 Å². The van der Waals surface area contributed by atoms with Gasteiger partial charge in [-0.05, 0) is 42.5 Å². The summed E-state index contributed by atoms with van der Waals surface area (Å²) in [5, 5.41) is 8.90. The van der Waals surface area contributed by atoms with E-state index in [0.29, 0.717) is 30.2 Å².